The summed E-state index contributed by atoms with van der Waals surface area (Å²) in [5, 5.41) is 18.8. The quantitative estimate of drug-likeness (QED) is 0.0933. The maximum absolute atomic E-state index is 13.6. The molecule has 42 heavy (non-hydrogen) atoms. The Morgan fingerprint density at radius 1 is 0.929 bits per heavy atom. The van der Waals surface area contributed by atoms with Crippen LogP contribution in [-0.4, -0.2) is 35.2 Å². The van der Waals surface area contributed by atoms with Gasteiger partial charge in [0.2, 0.25) is 5.96 Å². The summed E-state index contributed by atoms with van der Waals surface area (Å²) < 4.78 is 41.5. The highest BCUT2D eigenvalue weighted by molar-refractivity contribution is 6.04. The Hall–Kier alpha value is -4.16. The van der Waals surface area contributed by atoms with E-state index in [1.54, 1.807) is 29.2 Å². The second-order valence-electron chi connectivity index (χ2n) is 10.8. The number of nitrogens with two attached hydrogens (primary N) is 1. The minimum atomic E-state index is -4.80. The number of alkyl halides is 3. The third-order valence-electron chi connectivity index (χ3n) is 8.06. The van der Waals surface area contributed by atoms with Gasteiger partial charge in [0.15, 0.2) is 0 Å². The number of nitrogens with zero attached hydrogens (tertiary/aromatic N) is 3. The van der Waals surface area contributed by atoms with Gasteiger partial charge in [-0.05, 0) is 79.5 Å². The van der Waals surface area contributed by atoms with Crippen LogP contribution in [0.4, 0.5) is 23.7 Å². The molecule has 0 aliphatic heterocycles. The third kappa shape index (κ3) is 8.92. The Morgan fingerprint density at radius 2 is 1.55 bits per heavy atom. The fraction of sp³-hybridized carbons (Fsp3) is 0.483. The molecule has 2 aromatic carbocycles. The number of urea groups is 1. The number of anilines is 1. The van der Waals surface area contributed by atoms with Crippen molar-refractivity contribution in [1.82, 2.24) is 10.2 Å². The highest BCUT2D eigenvalue weighted by Gasteiger charge is 2.33. The van der Waals surface area contributed by atoms with Crippen molar-refractivity contribution >= 4 is 23.6 Å². The molecular weight excluding hydrogens is 551 g/mol. The first-order valence-electron chi connectivity index (χ1n) is 14.1. The highest BCUT2D eigenvalue weighted by Crippen LogP contribution is 2.39. The molecule has 0 unspecified atom stereocenters. The van der Waals surface area contributed by atoms with Crippen LogP contribution in [0.1, 0.15) is 73.7 Å². The molecule has 2 saturated carbocycles. The highest BCUT2D eigenvalue weighted by atomic mass is 19.4. The zero-order valence-corrected chi connectivity index (χ0v) is 23.2. The first-order chi connectivity index (χ1) is 20.1. The first-order valence-corrected chi connectivity index (χ1v) is 14.1. The van der Waals surface area contributed by atoms with Gasteiger partial charge in [-0.2, -0.15) is 0 Å². The molecule has 2 aromatic rings. The number of hydrogen-bond acceptors (Lipinski definition) is 5. The Morgan fingerprint density at radius 3 is 2.14 bits per heavy atom. The van der Waals surface area contributed by atoms with Crippen LogP contribution in [0.3, 0.4) is 0 Å². The Balaban J connectivity index is 1.45. The minimum absolute atomic E-state index is 0.0113. The van der Waals surface area contributed by atoms with E-state index < -0.39 is 18.2 Å². The lowest BCUT2D eigenvalue weighted by molar-refractivity contribution is -0.274. The van der Waals surface area contributed by atoms with Crippen molar-refractivity contribution in [3.63, 3.8) is 0 Å². The molecule has 0 aromatic heterocycles. The fourth-order valence-corrected chi connectivity index (χ4v) is 6.01. The van der Waals surface area contributed by atoms with Crippen LogP contribution < -0.4 is 21.2 Å². The molecule has 2 aliphatic rings. The van der Waals surface area contributed by atoms with Crippen molar-refractivity contribution in [2.45, 2.75) is 76.7 Å². The summed E-state index contributed by atoms with van der Waals surface area (Å²) in [6, 6.07) is 11.3. The van der Waals surface area contributed by atoms with E-state index in [-0.39, 0.29) is 24.4 Å². The Bertz CT molecular complexity index is 1240. The third-order valence-corrected chi connectivity index (χ3v) is 8.06. The number of carbonyl (C=O) groups excluding carboxylic acids is 2. The largest absolute Gasteiger partial charge is 0.573 e. The van der Waals surface area contributed by atoms with E-state index in [1.165, 1.54) is 44.2 Å². The van der Waals surface area contributed by atoms with Crippen LogP contribution in [0.2, 0.25) is 0 Å². The van der Waals surface area contributed by atoms with Gasteiger partial charge in [0, 0.05) is 23.8 Å². The van der Waals surface area contributed by atoms with E-state index in [2.05, 4.69) is 25.7 Å². The van der Waals surface area contributed by atoms with E-state index in [0.717, 1.165) is 49.3 Å². The molecule has 0 heterocycles. The van der Waals surface area contributed by atoms with Gasteiger partial charge in [-0.15, -0.1) is 13.2 Å². The number of benzene rings is 2. The zero-order chi connectivity index (χ0) is 30.1. The van der Waals surface area contributed by atoms with Gasteiger partial charge in [0.25, 0.3) is 5.91 Å². The zero-order valence-electron chi connectivity index (χ0n) is 23.2. The number of rotatable bonds is 7. The van der Waals surface area contributed by atoms with Crippen molar-refractivity contribution < 1.29 is 27.5 Å². The van der Waals surface area contributed by atoms with E-state index >= 15 is 0 Å². The van der Waals surface area contributed by atoms with Crippen LogP contribution in [0, 0.1) is 17.2 Å². The van der Waals surface area contributed by atoms with Gasteiger partial charge in [0.1, 0.15) is 5.75 Å². The van der Waals surface area contributed by atoms with Crippen LogP contribution in [0.25, 0.3) is 0 Å². The summed E-state index contributed by atoms with van der Waals surface area (Å²) >= 11 is 0. The summed E-state index contributed by atoms with van der Waals surface area (Å²) in [6.07, 6.45) is 5.48. The number of halogens is 3. The van der Waals surface area contributed by atoms with Crippen molar-refractivity contribution in [2.24, 2.45) is 28.0 Å². The standard InChI is InChI=1S/C29H36F3N7O3/c30-29(31,32)42-25-16-12-23(13-17-25)35-28(41)39(24-14-10-21(11-15-24)20-4-2-1-3-5-20)18-19-6-8-22(9-7-19)26(40)36-27(33)37-38-34/h6-9,12-13,16-17,20-21,24H,1-5,10-11,14-15,18H2,(H,35,41)(H4,33,34,36,37,40). The normalized spacial score (nSPS) is 19.7. The molecule has 10 nitrogen and oxygen atoms in total. The van der Waals surface area contributed by atoms with E-state index in [1.807, 2.05) is 0 Å². The molecule has 3 amide bonds. The molecule has 4 rings (SSSR count). The van der Waals surface area contributed by atoms with Gasteiger partial charge in [-0.3, -0.25) is 15.5 Å². The number of amides is 3. The minimum Gasteiger partial charge on any atom is -0.406 e. The van der Waals surface area contributed by atoms with Crippen LogP contribution >= 0.6 is 0 Å². The summed E-state index contributed by atoms with van der Waals surface area (Å²) in [6.45, 7) is 0.277. The predicted molar refractivity (Wildman–Crippen MR) is 151 cm³/mol. The summed E-state index contributed by atoms with van der Waals surface area (Å²) in [5.41, 5.74) is 1.43. The monoisotopic (exact) mass is 587 g/mol. The lowest BCUT2D eigenvalue weighted by atomic mass is 9.72. The second kappa shape index (κ2) is 14.1. The lowest BCUT2D eigenvalue weighted by Gasteiger charge is -2.40. The Kier molecular flexibility index (Phi) is 10.4. The molecule has 2 fully saturated rings. The summed E-state index contributed by atoms with van der Waals surface area (Å²) in [4.78, 5) is 27.7. The molecule has 226 valence electrons. The fourth-order valence-electron chi connectivity index (χ4n) is 6.01. The number of guanidine groups is 1. The Labute approximate surface area is 242 Å². The molecule has 2 aliphatic carbocycles. The molecular formula is C29H36F3N7O3. The number of nitrogens with one attached hydrogen (secondary N) is 3. The van der Waals surface area contributed by atoms with E-state index in [4.69, 9.17) is 11.3 Å². The summed E-state index contributed by atoms with van der Waals surface area (Å²) in [5.74, 6) is 4.92. The predicted octanol–water partition coefficient (Wildman–Crippen LogP) is 6.75. The van der Waals surface area contributed by atoms with Crippen LogP contribution in [0.15, 0.2) is 58.9 Å². The van der Waals surface area contributed by atoms with Gasteiger partial charge >= 0.3 is 12.4 Å². The molecule has 13 heteroatoms. The number of hydrogen-bond donors (Lipinski definition) is 4. The maximum Gasteiger partial charge on any atom is 0.573 e. The van der Waals surface area contributed by atoms with Gasteiger partial charge in [0.05, 0.1) is 0 Å². The summed E-state index contributed by atoms with van der Waals surface area (Å²) in [7, 11) is 0. The molecule has 0 atom stereocenters. The molecule has 0 spiro atoms. The number of ether oxygens (including phenoxy) is 1. The molecule has 0 radical (unpaired) electrons. The maximum atomic E-state index is 13.6. The molecule has 5 N–H and O–H groups in total. The van der Waals surface area contributed by atoms with E-state index in [0.29, 0.717) is 17.2 Å². The van der Waals surface area contributed by atoms with Gasteiger partial charge < -0.3 is 20.8 Å². The topological polar surface area (TPSA) is 145 Å². The van der Waals surface area contributed by atoms with Gasteiger partial charge in [-0.1, -0.05) is 54.6 Å². The van der Waals surface area contributed by atoms with Crippen LogP contribution in [-0.2, 0) is 6.54 Å². The van der Waals surface area contributed by atoms with Crippen molar-refractivity contribution in [3.8, 4) is 5.75 Å². The van der Waals surface area contributed by atoms with Gasteiger partial charge in [-0.25, -0.2) is 4.79 Å². The molecule has 0 saturated heterocycles. The SMILES string of the molecule is N=C(N=NN)NC(=O)c1ccc(CN(C(=O)Nc2ccc(OC(F)(F)F)cc2)C2CCC(C3CCCCC3)CC2)cc1. The van der Waals surface area contributed by atoms with E-state index in [9.17, 15) is 22.8 Å². The average molecular weight is 588 g/mol. The smallest absolute Gasteiger partial charge is 0.406 e. The second-order valence-corrected chi connectivity index (χ2v) is 10.8. The first kappa shape index (κ1) is 30.8. The molecule has 0 bridgehead atoms. The van der Waals surface area contributed by atoms with Crippen molar-refractivity contribution in [3.05, 3.63) is 59.7 Å². The average Bonchev–Trinajstić information content (AvgIpc) is 2.97. The lowest BCUT2D eigenvalue weighted by Crippen LogP contribution is -2.44. The van der Waals surface area contributed by atoms with Crippen LogP contribution in [0.5, 0.6) is 5.75 Å². The number of carbonyl (C=O) groups is 2. The van der Waals surface area contributed by atoms with Crippen molar-refractivity contribution in [1.29, 1.82) is 5.41 Å². The van der Waals surface area contributed by atoms with Crippen molar-refractivity contribution in [2.75, 3.05) is 5.32 Å².